The van der Waals surface area contributed by atoms with Gasteiger partial charge in [-0.1, -0.05) is 35.3 Å². The van der Waals surface area contributed by atoms with Gasteiger partial charge in [-0.25, -0.2) is 4.79 Å². The minimum absolute atomic E-state index is 0.0907. The summed E-state index contributed by atoms with van der Waals surface area (Å²) in [5, 5.41) is 29.6. The van der Waals surface area contributed by atoms with Crippen molar-refractivity contribution >= 4 is 46.5 Å². The van der Waals surface area contributed by atoms with Gasteiger partial charge < -0.3 is 9.52 Å². The number of furan rings is 1. The summed E-state index contributed by atoms with van der Waals surface area (Å²) >= 11 is 12.0. The molecule has 0 amide bonds. The van der Waals surface area contributed by atoms with Crippen molar-refractivity contribution in [3.05, 3.63) is 85.6 Å². The van der Waals surface area contributed by atoms with Gasteiger partial charge in [0.2, 0.25) is 0 Å². The molecule has 0 fully saturated rings. The molecule has 1 aromatic heterocycles. The first-order valence-corrected chi connectivity index (χ1v) is 8.75. The number of hydrogen-bond donors (Lipinski definition) is 1. The number of nitro benzene ring substituents is 1. The first-order chi connectivity index (χ1) is 13.8. The lowest BCUT2D eigenvalue weighted by Crippen LogP contribution is -1.95. The molecular weight excluding hydrogens is 419 g/mol. The Balaban J connectivity index is 1.97. The lowest BCUT2D eigenvalue weighted by molar-refractivity contribution is -0.384. The third-order valence-electron chi connectivity index (χ3n) is 3.98. The van der Waals surface area contributed by atoms with Crippen molar-refractivity contribution in [3.63, 3.8) is 0 Å². The molecule has 0 saturated heterocycles. The summed E-state index contributed by atoms with van der Waals surface area (Å²) in [7, 11) is 0. The van der Waals surface area contributed by atoms with Crippen LogP contribution in [0.15, 0.2) is 52.9 Å². The third kappa shape index (κ3) is 4.29. The number of benzene rings is 2. The van der Waals surface area contributed by atoms with E-state index in [9.17, 15) is 20.2 Å². The molecule has 0 spiro atoms. The van der Waals surface area contributed by atoms with Crippen molar-refractivity contribution in [2.45, 2.75) is 0 Å². The van der Waals surface area contributed by atoms with Gasteiger partial charge in [-0.05, 0) is 42.0 Å². The van der Waals surface area contributed by atoms with Gasteiger partial charge in [-0.2, -0.15) is 5.26 Å². The Morgan fingerprint density at radius 2 is 1.76 bits per heavy atom. The first-order valence-electron chi connectivity index (χ1n) is 7.99. The number of nitrogens with zero attached hydrogens (tertiary/aromatic N) is 2. The van der Waals surface area contributed by atoms with Crippen LogP contribution >= 0.6 is 23.2 Å². The largest absolute Gasteiger partial charge is 0.478 e. The fraction of sp³-hybridized carbons (Fsp3) is 0. The molecule has 0 bridgehead atoms. The highest BCUT2D eigenvalue weighted by Crippen LogP contribution is 2.37. The third-order valence-corrected chi connectivity index (χ3v) is 4.59. The molecule has 0 saturated carbocycles. The summed E-state index contributed by atoms with van der Waals surface area (Å²) in [5.41, 5.74) is 0.833. The number of carbonyl (C=O) groups is 1. The summed E-state index contributed by atoms with van der Waals surface area (Å²) in [5.74, 6) is -0.490. The molecule has 1 N–H and O–H groups in total. The molecular formula is C20H10Cl2N2O5. The average molecular weight is 429 g/mol. The number of halogens is 2. The fourth-order valence-corrected chi connectivity index (χ4v) is 3.10. The van der Waals surface area contributed by atoms with Crippen molar-refractivity contribution in [1.82, 2.24) is 0 Å². The van der Waals surface area contributed by atoms with Crippen molar-refractivity contribution in [2.75, 3.05) is 0 Å². The number of allylic oxidation sites excluding steroid dienone is 1. The minimum Gasteiger partial charge on any atom is -0.478 e. The second kappa shape index (κ2) is 8.19. The van der Waals surface area contributed by atoms with Crippen LogP contribution < -0.4 is 0 Å². The standard InChI is InChI=1S/C20H10Cl2N2O5/c21-16-9-17(22)18(24(27)28)8-15(16)19-6-5-14(29-19)7-13(10-23)11-1-3-12(4-2-11)20(25)26/h1-9H,(H,25,26). The molecule has 3 rings (SSSR count). The topological polar surface area (TPSA) is 117 Å². The molecule has 0 radical (unpaired) electrons. The van der Waals surface area contributed by atoms with Crippen LogP contribution in [0.5, 0.6) is 0 Å². The quantitative estimate of drug-likeness (QED) is 0.305. The molecule has 0 aliphatic heterocycles. The number of carboxylic acids is 1. The maximum atomic E-state index is 11.1. The number of nitriles is 1. The normalized spacial score (nSPS) is 11.1. The van der Waals surface area contributed by atoms with E-state index in [4.69, 9.17) is 32.7 Å². The maximum Gasteiger partial charge on any atom is 0.335 e. The number of aromatic carboxylic acids is 1. The van der Waals surface area contributed by atoms with E-state index in [2.05, 4.69) is 0 Å². The summed E-state index contributed by atoms with van der Waals surface area (Å²) in [6, 6.07) is 13.5. The van der Waals surface area contributed by atoms with E-state index in [0.717, 1.165) is 0 Å². The van der Waals surface area contributed by atoms with Crippen molar-refractivity contribution in [1.29, 1.82) is 5.26 Å². The van der Waals surface area contributed by atoms with E-state index in [-0.39, 0.29) is 38.2 Å². The second-order valence-corrected chi connectivity index (χ2v) is 6.61. The molecule has 0 aliphatic carbocycles. The van der Waals surface area contributed by atoms with Crippen LogP contribution in [-0.2, 0) is 0 Å². The van der Waals surface area contributed by atoms with Crippen LogP contribution in [0, 0.1) is 21.4 Å². The monoisotopic (exact) mass is 428 g/mol. The van der Waals surface area contributed by atoms with Crippen molar-refractivity contribution in [3.8, 4) is 17.4 Å². The highest BCUT2D eigenvalue weighted by molar-refractivity contribution is 6.37. The minimum atomic E-state index is -1.07. The average Bonchev–Trinajstić information content (AvgIpc) is 3.14. The summed E-state index contributed by atoms with van der Waals surface area (Å²) in [6.07, 6.45) is 1.47. The van der Waals surface area contributed by atoms with Crippen LogP contribution in [0.2, 0.25) is 10.0 Å². The van der Waals surface area contributed by atoms with Crippen LogP contribution in [0.3, 0.4) is 0 Å². The maximum absolute atomic E-state index is 11.1. The number of hydrogen-bond acceptors (Lipinski definition) is 5. The lowest BCUT2D eigenvalue weighted by Gasteiger charge is -2.03. The molecule has 2 aromatic carbocycles. The zero-order valence-corrected chi connectivity index (χ0v) is 15.9. The van der Waals surface area contributed by atoms with Crippen molar-refractivity contribution < 1.29 is 19.2 Å². The van der Waals surface area contributed by atoms with E-state index in [1.165, 1.54) is 42.5 Å². The highest BCUT2D eigenvalue weighted by Gasteiger charge is 2.19. The molecule has 0 atom stereocenters. The lowest BCUT2D eigenvalue weighted by atomic mass is 10.0. The van der Waals surface area contributed by atoms with E-state index in [1.54, 1.807) is 12.1 Å². The Bertz CT molecular complexity index is 1190. The van der Waals surface area contributed by atoms with Crippen LogP contribution in [0.4, 0.5) is 5.69 Å². The molecule has 1 heterocycles. The van der Waals surface area contributed by atoms with Gasteiger partial charge in [0.1, 0.15) is 16.5 Å². The molecule has 29 heavy (non-hydrogen) atoms. The van der Waals surface area contributed by atoms with Gasteiger partial charge in [0, 0.05) is 11.6 Å². The Kier molecular flexibility index (Phi) is 5.69. The Labute approximate surface area is 174 Å². The van der Waals surface area contributed by atoms with Crippen molar-refractivity contribution in [2.24, 2.45) is 0 Å². The van der Waals surface area contributed by atoms with Crippen LogP contribution in [-0.4, -0.2) is 16.0 Å². The number of carboxylic acid groups (broad SMARTS) is 1. The summed E-state index contributed by atoms with van der Waals surface area (Å²) < 4.78 is 5.67. The Morgan fingerprint density at radius 1 is 1.10 bits per heavy atom. The predicted octanol–water partition coefficient (Wildman–Crippen LogP) is 5.92. The molecule has 0 aliphatic rings. The SMILES string of the molecule is N#CC(=Cc1ccc(-c2cc([N+](=O)[O-])c(Cl)cc2Cl)o1)c1ccc(C(=O)O)cc1. The molecule has 9 heteroatoms. The second-order valence-electron chi connectivity index (χ2n) is 5.79. The zero-order valence-electron chi connectivity index (χ0n) is 14.4. The number of rotatable bonds is 5. The summed E-state index contributed by atoms with van der Waals surface area (Å²) in [4.78, 5) is 21.4. The molecule has 144 valence electrons. The van der Waals surface area contributed by atoms with E-state index in [0.29, 0.717) is 11.3 Å². The van der Waals surface area contributed by atoms with Gasteiger partial charge in [-0.3, -0.25) is 10.1 Å². The number of nitro groups is 1. The van der Waals surface area contributed by atoms with Gasteiger partial charge in [-0.15, -0.1) is 0 Å². The summed E-state index contributed by atoms with van der Waals surface area (Å²) in [6.45, 7) is 0. The van der Waals surface area contributed by atoms with E-state index >= 15 is 0 Å². The smallest absolute Gasteiger partial charge is 0.335 e. The Hall–Kier alpha value is -3.60. The van der Waals surface area contributed by atoms with E-state index in [1.807, 2.05) is 6.07 Å². The van der Waals surface area contributed by atoms with Gasteiger partial charge in [0.25, 0.3) is 5.69 Å². The van der Waals surface area contributed by atoms with Crippen LogP contribution in [0.25, 0.3) is 23.0 Å². The molecule has 0 unspecified atom stereocenters. The first kappa shape index (κ1) is 20.1. The fourth-order valence-electron chi connectivity index (χ4n) is 2.56. The van der Waals surface area contributed by atoms with Crippen LogP contribution in [0.1, 0.15) is 21.7 Å². The van der Waals surface area contributed by atoms with Gasteiger partial charge in [0.05, 0.1) is 27.2 Å². The zero-order chi connectivity index (χ0) is 21.1. The van der Waals surface area contributed by atoms with Gasteiger partial charge in [0.15, 0.2) is 0 Å². The predicted molar refractivity (Wildman–Crippen MR) is 108 cm³/mol. The van der Waals surface area contributed by atoms with Gasteiger partial charge >= 0.3 is 5.97 Å². The molecule has 3 aromatic rings. The highest BCUT2D eigenvalue weighted by atomic mass is 35.5. The van der Waals surface area contributed by atoms with E-state index < -0.39 is 10.9 Å². The Morgan fingerprint density at radius 3 is 2.34 bits per heavy atom. The molecule has 7 nitrogen and oxygen atoms in total.